The molecule has 19 heteroatoms. The van der Waals surface area contributed by atoms with Crippen LogP contribution in [0.4, 0.5) is 30.8 Å². The lowest BCUT2D eigenvalue weighted by molar-refractivity contribution is -0.154. The van der Waals surface area contributed by atoms with Crippen molar-refractivity contribution in [3.63, 3.8) is 0 Å². The van der Waals surface area contributed by atoms with E-state index < -0.39 is 57.0 Å². The molecule has 6 rings (SSSR count). The number of halogens is 4. The highest BCUT2D eigenvalue weighted by Gasteiger charge is 2.60. The van der Waals surface area contributed by atoms with E-state index in [1.807, 2.05) is 12.1 Å². The summed E-state index contributed by atoms with van der Waals surface area (Å²) in [4.78, 5) is 50.6. The third-order valence-electron chi connectivity index (χ3n) is 9.26. The Hall–Kier alpha value is -4.97. The average molecular weight is 791 g/mol. The molecule has 0 spiro atoms. The van der Waals surface area contributed by atoms with Gasteiger partial charge in [-0.25, -0.2) is 8.42 Å². The van der Waals surface area contributed by atoms with Crippen LogP contribution in [0.3, 0.4) is 0 Å². The second-order valence-electron chi connectivity index (χ2n) is 13.5. The van der Waals surface area contributed by atoms with Gasteiger partial charge in [0.25, 0.3) is 11.8 Å². The van der Waals surface area contributed by atoms with E-state index >= 15 is 0 Å². The summed E-state index contributed by atoms with van der Waals surface area (Å²) >= 11 is 6.03. The molecule has 3 aromatic rings. The maximum Gasteiger partial charge on any atom is 0.422 e. The summed E-state index contributed by atoms with van der Waals surface area (Å²) in [5.74, 6) is -2.01. The molecule has 0 saturated heterocycles. The SMILES string of the molecule is C=C[C@@H]1C[C@]1(NC(=O)CCCCNC(=O)c1ccc(Nc2nc(NC3(c4ccc(Cl)cc4)CC3)nc(OCC(F)(F)F)n2)cc1)C(=O)NS(=O)(=O)C1CC1. The third kappa shape index (κ3) is 9.76. The van der Waals surface area contributed by atoms with Gasteiger partial charge < -0.3 is 26.0 Å². The van der Waals surface area contributed by atoms with Gasteiger partial charge in [-0.1, -0.05) is 29.8 Å². The fourth-order valence-corrected chi connectivity index (χ4v) is 7.34. The first kappa shape index (κ1) is 38.7. The molecule has 2 aromatic carbocycles. The summed E-state index contributed by atoms with van der Waals surface area (Å²) in [5, 5.41) is 11.6. The van der Waals surface area contributed by atoms with Gasteiger partial charge >= 0.3 is 12.2 Å². The number of sulfonamides is 1. The maximum atomic E-state index is 12.9. The molecular formula is C35H38ClF3N8O6S. The number of unbranched alkanes of at least 4 members (excludes halogenated alkanes) is 1. The van der Waals surface area contributed by atoms with Gasteiger partial charge in [0.2, 0.25) is 27.8 Å². The lowest BCUT2D eigenvalue weighted by atomic mass is 10.1. The number of anilines is 3. The van der Waals surface area contributed by atoms with Crippen molar-refractivity contribution < 1.29 is 40.7 Å². The molecule has 3 saturated carbocycles. The predicted octanol–water partition coefficient (Wildman–Crippen LogP) is 4.88. The second-order valence-corrected chi connectivity index (χ2v) is 15.9. The molecule has 0 radical (unpaired) electrons. The van der Waals surface area contributed by atoms with E-state index in [9.17, 15) is 36.0 Å². The summed E-state index contributed by atoms with van der Waals surface area (Å²) < 4.78 is 70.2. The average Bonchev–Trinajstić information content (AvgIpc) is 3.99. The smallest absolute Gasteiger partial charge is 0.422 e. The minimum absolute atomic E-state index is 0.00317. The molecule has 0 unspecified atom stereocenters. The topological polar surface area (TPSA) is 193 Å². The van der Waals surface area contributed by atoms with Crippen LogP contribution in [0.25, 0.3) is 0 Å². The van der Waals surface area contributed by atoms with Crippen molar-refractivity contribution in [2.75, 3.05) is 23.8 Å². The molecule has 1 heterocycles. The molecule has 54 heavy (non-hydrogen) atoms. The van der Waals surface area contributed by atoms with Gasteiger partial charge in [-0.05, 0) is 86.9 Å². The molecule has 3 amide bonds. The van der Waals surface area contributed by atoms with Crippen LogP contribution in [0.2, 0.25) is 5.02 Å². The zero-order chi connectivity index (χ0) is 38.7. The van der Waals surface area contributed by atoms with Gasteiger partial charge in [-0.15, -0.1) is 6.58 Å². The Balaban J connectivity index is 0.988. The number of nitrogens with one attached hydrogen (secondary N) is 5. The normalized spacial score (nSPS) is 19.9. The number of aromatic nitrogens is 3. The minimum atomic E-state index is -4.61. The van der Waals surface area contributed by atoms with Gasteiger partial charge in [0.1, 0.15) is 5.54 Å². The number of rotatable bonds is 18. The Kier molecular flexibility index (Phi) is 11.1. The standard InChI is InChI=1S/C35H38ClF3N8O6S/c1-2-22-19-34(22,29(50)47-54(51,52)26-14-15-26)45-27(48)5-3-4-18-40-28(49)21-6-12-25(13-7-21)41-30-42-31(44-32(43-30)53-20-35(37,38)39)46-33(16-17-33)23-8-10-24(36)11-9-23/h2,6-13,22,26H,1,3-5,14-20H2,(H,40,49)(H,45,48)(H,47,50)(H2,41,42,43,44,46)/t22-,34-/m1/s1. The number of hydrogen-bond acceptors (Lipinski definition) is 11. The summed E-state index contributed by atoms with van der Waals surface area (Å²) in [7, 11) is -3.77. The lowest BCUT2D eigenvalue weighted by Gasteiger charge is -2.19. The predicted molar refractivity (Wildman–Crippen MR) is 193 cm³/mol. The Labute approximate surface area is 314 Å². The van der Waals surface area contributed by atoms with Crippen LogP contribution < -0.4 is 30.7 Å². The van der Waals surface area contributed by atoms with Gasteiger partial charge in [0.05, 0.1) is 10.8 Å². The molecule has 2 atom stereocenters. The molecule has 14 nitrogen and oxygen atoms in total. The maximum absolute atomic E-state index is 12.9. The van der Waals surface area contributed by atoms with Crippen molar-refractivity contribution in [1.82, 2.24) is 30.3 Å². The van der Waals surface area contributed by atoms with Gasteiger partial charge in [0.15, 0.2) is 6.61 Å². The zero-order valence-corrected chi connectivity index (χ0v) is 30.4. The van der Waals surface area contributed by atoms with E-state index in [0.29, 0.717) is 42.0 Å². The highest BCUT2D eigenvalue weighted by Crippen LogP contribution is 2.48. The molecule has 3 aliphatic carbocycles. The van der Waals surface area contributed by atoms with E-state index in [4.69, 9.17) is 16.3 Å². The molecule has 288 valence electrons. The molecule has 0 bridgehead atoms. The van der Waals surface area contributed by atoms with E-state index in [1.165, 1.54) is 18.2 Å². The lowest BCUT2D eigenvalue weighted by Crippen LogP contribution is -2.52. The highest BCUT2D eigenvalue weighted by atomic mass is 35.5. The Morgan fingerprint density at radius 1 is 0.981 bits per heavy atom. The summed E-state index contributed by atoms with van der Waals surface area (Å²) in [6.45, 7) is 2.33. The number of ether oxygens (including phenoxy) is 1. The van der Waals surface area contributed by atoms with Gasteiger partial charge in [-0.3, -0.25) is 19.1 Å². The molecule has 1 aromatic heterocycles. The number of amides is 3. The van der Waals surface area contributed by atoms with Crippen molar-refractivity contribution in [3.8, 4) is 6.01 Å². The van der Waals surface area contributed by atoms with Crippen LogP contribution in [0, 0.1) is 5.92 Å². The molecular weight excluding hydrogens is 753 g/mol. The molecule has 3 aliphatic rings. The fraction of sp³-hybridized carbons (Fsp3) is 0.429. The molecule has 3 fully saturated rings. The Bertz CT molecular complexity index is 2010. The van der Waals surface area contributed by atoms with Crippen molar-refractivity contribution in [2.45, 2.75) is 73.9 Å². The number of benzene rings is 2. The van der Waals surface area contributed by atoms with E-state index in [2.05, 4.69) is 47.5 Å². The van der Waals surface area contributed by atoms with Crippen molar-refractivity contribution in [2.24, 2.45) is 5.92 Å². The summed E-state index contributed by atoms with van der Waals surface area (Å²) in [5.41, 5.74) is -0.197. The van der Waals surface area contributed by atoms with Gasteiger partial charge in [-0.2, -0.15) is 28.1 Å². The van der Waals surface area contributed by atoms with Crippen molar-refractivity contribution >= 4 is 56.9 Å². The van der Waals surface area contributed by atoms with Gasteiger partial charge in [0, 0.05) is 35.2 Å². The Morgan fingerprint density at radius 2 is 1.67 bits per heavy atom. The fourth-order valence-electron chi connectivity index (χ4n) is 5.85. The number of carbonyl (C=O) groups excluding carboxylic acids is 3. The highest BCUT2D eigenvalue weighted by molar-refractivity contribution is 7.91. The molecule has 5 N–H and O–H groups in total. The number of alkyl halides is 3. The van der Waals surface area contributed by atoms with Crippen LogP contribution in [-0.2, 0) is 25.2 Å². The van der Waals surface area contributed by atoms with Crippen LogP contribution in [-0.4, -0.2) is 71.2 Å². The van der Waals surface area contributed by atoms with E-state index in [1.54, 1.807) is 24.3 Å². The minimum Gasteiger partial charge on any atom is -0.454 e. The first-order chi connectivity index (χ1) is 25.6. The summed E-state index contributed by atoms with van der Waals surface area (Å²) in [6, 6.07) is 12.8. The largest absolute Gasteiger partial charge is 0.454 e. The van der Waals surface area contributed by atoms with Crippen LogP contribution in [0.15, 0.2) is 61.2 Å². The molecule has 0 aliphatic heterocycles. The quantitative estimate of drug-likeness (QED) is 0.0872. The number of nitrogens with zero attached hydrogens (tertiary/aromatic N) is 3. The van der Waals surface area contributed by atoms with Crippen LogP contribution in [0.1, 0.15) is 67.3 Å². The zero-order valence-electron chi connectivity index (χ0n) is 28.8. The van der Waals surface area contributed by atoms with E-state index in [-0.39, 0.29) is 43.1 Å². The monoisotopic (exact) mass is 790 g/mol. The van der Waals surface area contributed by atoms with E-state index in [0.717, 1.165) is 18.4 Å². The first-order valence-corrected chi connectivity index (χ1v) is 19.2. The number of hydrogen-bond donors (Lipinski definition) is 5. The van der Waals surface area contributed by atoms with Crippen molar-refractivity contribution in [1.29, 1.82) is 0 Å². The first-order valence-electron chi connectivity index (χ1n) is 17.2. The third-order valence-corrected chi connectivity index (χ3v) is 11.3. The summed E-state index contributed by atoms with van der Waals surface area (Å²) in [6.07, 6.45) is 0.521. The van der Waals surface area contributed by atoms with Crippen LogP contribution in [0.5, 0.6) is 6.01 Å². The Morgan fingerprint density at radius 3 is 2.28 bits per heavy atom. The number of carbonyl (C=O) groups is 3. The second kappa shape index (κ2) is 15.4. The van der Waals surface area contributed by atoms with Crippen molar-refractivity contribution in [3.05, 3.63) is 77.3 Å². The van der Waals surface area contributed by atoms with Crippen LogP contribution >= 0.6 is 11.6 Å².